The number of para-hydroxylation sites is 1. The molecule has 0 bridgehead atoms. The third kappa shape index (κ3) is 6.30. The van der Waals surface area contributed by atoms with Crippen molar-refractivity contribution < 1.29 is 19.1 Å². The highest BCUT2D eigenvalue weighted by Gasteiger charge is 2.18. The summed E-state index contributed by atoms with van der Waals surface area (Å²) in [5.74, 6) is 0.897. The van der Waals surface area contributed by atoms with Crippen molar-refractivity contribution in [1.82, 2.24) is 4.90 Å². The Balaban J connectivity index is 1.88. The quantitative estimate of drug-likeness (QED) is 0.794. The lowest BCUT2D eigenvalue weighted by atomic mass is 9.86. The average molecular weight is 384 g/mol. The molecule has 150 valence electrons. The number of hydrogen-bond donors (Lipinski definition) is 1. The van der Waals surface area contributed by atoms with Crippen LogP contribution in [-0.4, -0.2) is 44.0 Å². The van der Waals surface area contributed by atoms with Crippen molar-refractivity contribution in [2.75, 3.05) is 32.6 Å². The third-order valence-corrected chi connectivity index (χ3v) is 4.05. The lowest BCUT2D eigenvalue weighted by Crippen LogP contribution is -2.27. The van der Waals surface area contributed by atoms with Crippen molar-refractivity contribution in [3.05, 3.63) is 54.1 Å². The van der Waals surface area contributed by atoms with Gasteiger partial charge in [0.1, 0.15) is 11.5 Å². The van der Waals surface area contributed by atoms with E-state index >= 15 is 0 Å². The van der Waals surface area contributed by atoms with Crippen LogP contribution in [0.4, 0.5) is 5.69 Å². The Morgan fingerprint density at radius 1 is 0.929 bits per heavy atom. The normalized spacial score (nSPS) is 10.9. The first kappa shape index (κ1) is 21.3. The van der Waals surface area contributed by atoms with E-state index in [1.54, 1.807) is 38.4 Å². The monoisotopic (exact) mass is 384 g/mol. The van der Waals surface area contributed by atoms with Crippen LogP contribution in [0.25, 0.3) is 0 Å². The van der Waals surface area contributed by atoms with Crippen LogP contribution in [0.3, 0.4) is 0 Å². The largest absolute Gasteiger partial charge is 0.484 e. The van der Waals surface area contributed by atoms with Gasteiger partial charge in [0, 0.05) is 19.8 Å². The summed E-state index contributed by atoms with van der Waals surface area (Å²) in [7, 11) is 3.35. The molecule has 0 heterocycles. The number of hydrogen-bond acceptors (Lipinski definition) is 4. The minimum atomic E-state index is -0.250. The second kappa shape index (κ2) is 9.26. The Kier molecular flexibility index (Phi) is 7.04. The van der Waals surface area contributed by atoms with Crippen molar-refractivity contribution in [2.24, 2.45) is 0 Å². The zero-order valence-electron chi connectivity index (χ0n) is 17.1. The molecule has 0 radical (unpaired) electrons. The number of carbonyl (C=O) groups is 2. The molecule has 0 aromatic heterocycles. The number of amides is 2. The van der Waals surface area contributed by atoms with E-state index in [2.05, 4.69) is 26.1 Å². The van der Waals surface area contributed by atoms with E-state index in [0.717, 1.165) is 5.56 Å². The van der Waals surface area contributed by atoms with Crippen molar-refractivity contribution in [3.8, 4) is 11.5 Å². The van der Waals surface area contributed by atoms with Crippen molar-refractivity contribution in [2.45, 2.75) is 26.2 Å². The summed E-state index contributed by atoms with van der Waals surface area (Å²) in [6.07, 6.45) is 0. The van der Waals surface area contributed by atoms with E-state index in [4.69, 9.17) is 9.47 Å². The van der Waals surface area contributed by atoms with E-state index in [0.29, 0.717) is 17.2 Å². The third-order valence-electron chi connectivity index (χ3n) is 4.05. The van der Waals surface area contributed by atoms with Crippen molar-refractivity contribution in [3.63, 3.8) is 0 Å². The fourth-order valence-corrected chi connectivity index (χ4v) is 2.46. The summed E-state index contributed by atoms with van der Waals surface area (Å²) < 4.78 is 11.1. The van der Waals surface area contributed by atoms with Crippen LogP contribution in [0.15, 0.2) is 48.5 Å². The summed E-state index contributed by atoms with van der Waals surface area (Å²) >= 11 is 0. The van der Waals surface area contributed by atoms with Gasteiger partial charge in [0.25, 0.3) is 11.8 Å². The fourth-order valence-electron chi connectivity index (χ4n) is 2.46. The number of benzene rings is 2. The molecule has 6 heteroatoms. The van der Waals surface area contributed by atoms with Crippen LogP contribution in [0.1, 0.15) is 26.3 Å². The summed E-state index contributed by atoms with van der Waals surface area (Å²) in [5.41, 5.74) is 1.61. The lowest BCUT2D eigenvalue weighted by Gasteiger charge is -2.22. The molecule has 0 spiro atoms. The van der Waals surface area contributed by atoms with Crippen LogP contribution in [0, 0.1) is 0 Å². The summed E-state index contributed by atoms with van der Waals surface area (Å²) in [4.78, 5) is 25.2. The highest BCUT2D eigenvalue weighted by Crippen LogP contribution is 2.30. The molecular formula is C22H28N2O4. The molecule has 0 saturated carbocycles. The van der Waals surface area contributed by atoms with Gasteiger partial charge in [0.2, 0.25) is 0 Å². The van der Waals surface area contributed by atoms with E-state index in [1.807, 2.05) is 24.3 Å². The maximum absolute atomic E-state index is 12.2. The standard InChI is InChI=1S/C22H28N2O4/c1-22(2,3)18-8-6-7-9-19(18)28-14-20(25)23-16-10-12-17(13-11-16)27-15-21(26)24(4)5/h6-13H,14-15H2,1-5H3,(H,23,25). The minimum absolute atomic E-state index is 0.0280. The lowest BCUT2D eigenvalue weighted by molar-refractivity contribution is -0.130. The number of likely N-dealkylation sites (N-methyl/N-ethyl adjacent to an activating group) is 1. The molecule has 0 aliphatic carbocycles. The fraction of sp³-hybridized carbons (Fsp3) is 0.364. The molecule has 2 aromatic rings. The molecule has 2 amide bonds. The van der Waals surface area contributed by atoms with Gasteiger partial charge < -0.3 is 19.7 Å². The predicted octanol–water partition coefficient (Wildman–Crippen LogP) is 3.47. The maximum atomic E-state index is 12.2. The first-order valence-corrected chi connectivity index (χ1v) is 9.12. The first-order valence-electron chi connectivity index (χ1n) is 9.12. The second-order valence-electron chi connectivity index (χ2n) is 7.68. The van der Waals surface area contributed by atoms with E-state index < -0.39 is 0 Å². The van der Waals surface area contributed by atoms with Gasteiger partial charge in [-0.25, -0.2) is 0 Å². The molecule has 0 unspecified atom stereocenters. The topological polar surface area (TPSA) is 67.9 Å². The highest BCUT2D eigenvalue weighted by atomic mass is 16.5. The van der Waals surface area contributed by atoms with Gasteiger partial charge in [-0.05, 0) is 41.3 Å². The summed E-state index contributed by atoms with van der Waals surface area (Å²) in [6, 6.07) is 14.6. The molecule has 0 aliphatic heterocycles. The van der Waals surface area contributed by atoms with Crippen LogP contribution < -0.4 is 14.8 Å². The van der Waals surface area contributed by atoms with Crippen LogP contribution in [0.2, 0.25) is 0 Å². The molecule has 2 rings (SSSR count). The van der Waals surface area contributed by atoms with Crippen molar-refractivity contribution in [1.29, 1.82) is 0 Å². The average Bonchev–Trinajstić information content (AvgIpc) is 2.65. The Bertz CT molecular complexity index is 808. The molecule has 6 nitrogen and oxygen atoms in total. The van der Waals surface area contributed by atoms with Crippen LogP contribution >= 0.6 is 0 Å². The molecule has 0 aliphatic rings. The second-order valence-corrected chi connectivity index (χ2v) is 7.68. The number of anilines is 1. The molecular weight excluding hydrogens is 356 g/mol. The molecule has 0 atom stereocenters. The van der Waals surface area contributed by atoms with Gasteiger partial charge in [-0.2, -0.15) is 0 Å². The molecule has 0 saturated heterocycles. The zero-order valence-corrected chi connectivity index (χ0v) is 17.1. The maximum Gasteiger partial charge on any atom is 0.262 e. The van der Waals surface area contributed by atoms with Gasteiger partial charge in [0.15, 0.2) is 13.2 Å². The Morgan fingerprint density at radius 3 is 2.18 bits per heavy atom. The number of ether oxygens (including phenoxy) is 2. The van der Waals surface area contributed by atoms with Crippen LogP contribution in [-0.2, 0) is 15.0 Å². The number of rotatable bonds is 7. The minimum Gasteiger partial charge on any atom is -0.484 e. The smallest absolute Gasteiger partial charge is 0.262 e. The van der Waals surface area contributed by atoms with Gasteiger partial charge in [-0.3, -0.25) is 9.59 Å². The SMILES string of the molecule is CN(C)C(=O)COc1ccc(NC(=O)COc2ccccc2C(C)(C)C)cc1. The first-order chi connectivity index (χ1) is 13.2. The summed E-state index contributed by atoms with van der Waals surface area (Å²) in [5, 5.41) is 2.79. The van der Waals surface area contributed by atoms with Gasteiger partial charge >= 0.3 is 0 Å². The van der Waals surface area contributed by atoms with E-state index in [9.17, 15) is 9.59 Å². The van der Waals surface area contributed by atoms with Gasteiger partial charge in [-0.15, -0.1) is 0 Å². The molecule has 28 heavy (non-hydrogen) atoms. The number of nitrogens with zero attached hydrogens (tertiary/aromatic N) is 1. The van der Waals surface area contributed by atoms with E-state index in [1.165, 1.54) is 4.90 Å². The zero-order chi connectivity index (χ0) is 20.7. The molecule has 2 aromatic carbocycles. The number of nitrogens with one attached hydrogen (secondary N) is 1. The van der Waals surface area contributed by atoms with Crippen LogP contribution in [0.5, 0.6) is 11.5 Å². The van der Waals surface area contributed by atoms with E-state index in [-0.39, 0.29) is 30.4 Å². The summed E-state index contributed by atoms with van der Waals surface area (Å²) in [6.45, 7) is 6.20. The Hall–Kier alpha value is -3.02. The highest BCUT2D eigenvalue weighted by molar-refractivity contribution is 5.91. The number of carbonyl (C=O) groups excluding carboxylic acids is 2. The molecule has 1 N–H and O–H groups in total. The van der Waals surface area contributed by atoms with Gasteiger partial charge in [-0.1, -0.05) is 39.0 Å². The Labute approximate surface area is 166 Å². The van der Waals surface area contributed by atoms with Crippen molar-refractivity contribution >= 4 is 17.5 Å². The van der Waals surface area contributed by atoms with Gasteiger partial charge in [0.05, 0.1) is 0 Å². The molecule has 0 fully saturated rings. The Morgan fingerprint density at radius 2 is 1.57 bits per heavy atom. The predicted molar refractivity (Wildman–Crippen MR) is 110 cm³/mol.